The summed E-state index contributed by atoms with van der Waals surface area (Å²) in [6, 6.07) is 34.8. The van der Waals surface area contributed by atoms with Gasteiger partial charge >= 0.3 is 0 Å². The van der Waals surface area contributed by atoms with Gasteiger partial charge in [-0.05, 0) is 53.1 Å². The van der Waals surface area contributed by atoms with Gasteiger partial charge in [-0.15, -0.1) is 0 Å². The van der Waals surface area contributed by atoms with Gasteiger partial charge in [0, 0.05) is 31.2 Å². The van der Waals surface area contributed by atoms with E-state index in [-0.39, 0.29) is 25.1 Å². The average molecular weight is 604 g/mol. The second-order valence-electron chi connectivity index (χ2n) is 10.3. The van der Waals surface area contributed by atoms with Crippen molar-refractivity contribution < 1.29 is 17.9 Å². The molecule has 1 amide bonds. The van der Waals surface area contributed by atoms with Gasteiger partial charge in [-0.25, -0.2) is 8.42 Å². The van der Waals surface area contributed by atoms with E-state index in [0.717, 1.165) is 18.7 Å². The lowest BCUT2D eigenvalue weighted by atomic mass is 9.96. The number of hydrogen-bond acceptors (Lipinski definition) is 5. The number of rotatable bonds is 10. The number of amides is 1. The Morgan fingerprint density at radius 3 is 1.88 bits per heavy atom. The van der Waals surface area contributed by atoms with Gasteiger partial charge in [-0.2, -0.15) is 0 Å². The number of carbonyl (C=O) groups is 1. The van der Waals surface area contributed by atoms with Gasteiger partial charge in [0.2, 0.25) is 10.0 Å². The Labute approximate surface area is 252 Å². The van der Waals surface area contributed by atoms with Gasteiger partial charge < -0.3 is 9.64 Å². The Morgan fingerprint density at radius 2 is 1.36 bits per heavy atom. The summed E-state index contributed by atoms with van der Waals surface area (Å²) in [5.74, 6) is 0.425. The van der Waals surface area contributed by atoms with Crippen LogP contribution in [0, 0.1) is 0 Å². The predicted molar refractivity (Wildman–Crippen MR) is 167 cm³/mol. The second kappa shape index (κ2) is 13.4. The molecule has 1 fully saturated rings. The maximum Gasteiger partial charge on any atom is 0.260 e. The maximum absolute atomic E-state index is 13.0. The predicted octanol–water partition coefficient (Wildman–Crippen LogP) is 5.62. The van der Waals surface area contributed by atoms with Crippen LogP contribution >= 0.6 is 11.6 Å². The molecule has 1 heterocycles. The third-order valence-electron chi connectivity index (χ3n) is 7.39. The first kappa shape index (κ1) is 29.6. The molecule has 0 atom stereocenters. The Morgan fingerprint density at radius 1 is 0.810 bits per heavy atom. The molecule has 4 aromatic rings. The highest BCUT2D eigenvalue weighted by Gasteiger charge is 2.28. The molecule has 1 saturated heterocycles. The Kier molecular flexibility index (Phi) is 9.47. The minimum absolute atomic E-state index is 0.0739. The zero-order chi connectivity index (χ0) is 29.5. The van der Waals surface area contributed by atoms with Crippen LogP contribution in [0.2, 0.25) is 5.02 Å². The van der Waals surface area contributed by atoms with Crippen LogP contribution in [-0.2, 0) is 21.4 Å². The fourth-order valence-corrected chi connectivity index (χ4v) is 6.23. The highest BCUT2D eigenvalue weighted by atomic mass is 35.5. The molecule has 0 unspecified atom stereocenters. The van der Waals surface area contributed by atoms with E-state index in [1.165, 1.54) is 21.7 Å². The topological polar surface area (TPSA) is 70.2 Å². The number of anilines is 1. The minimum Gasteiger partial charge on any atom is -0.484 e. The van der Waals surface area contributed by atoms with E-state index in [4.69, 9.17) is 16.3 Å². The molecule has 1 aliphatic rings. The fraction of sp³-hybridized carbons (Fsp3) is 0.242. The lowest BCUT2D eigenvalue weighted by Gasteiger charge is -2.39. The quantitative estimate of drug-likeness (QED) is 0.235. The summed E-state index contributed by atoms with van der Waals surface area (Å²) in [5, 5.41) is 0.589. The standard InChI is InChI=1S/C33H34ClN3O4S/c1-42(39,40)37(24-26-12-14-29(34)15-13-26)30-16-18-31(19-17-30)41-25-32(38)35-20-22-36(23-21-35)33(27-8-4-2-5-9-27)28-10-6-3-7-11-28/h2-19,33H,20-25H2,1H3. The second-order valence-corrected chi connectivity index (χ2v) is 12.7. The molecule has 9 heteroatoms. The summed E-state index contributed by atoms with van der Waals surface area (Å²) in [5.41, 5.74) is 3.79. The Bertz CT molecular complexity index is 1520. The molecule has 0 aromatic heterocycles. The monoisotopic (exact) mass is 603 g/mol. The van der Waals surface area contributed by atoms with E-state index in [9.17, 15) is 13.2 Å². The zero-order valence-corrected chi connectivity index (χ0v) is 25.0. The van der Waals surface area contributed by atoms with Crippen molar-refractivity contribution in [1.82, 2.24) is 9.80 Å². The number of sulfonamides is 1. The Balaban J connectivity index is 1.17. The van der Waals surface area contributed by atoms with Crippen molar-refractivity contribution in [1.29, 1.82) is 0 Å². The lowest BCUT2D eigenvalue weighted by molar-refractivity contribution is -0.135. The van der Waals surface area contributed by atoms with E-state index in [2.05, 4.69) is 53.4 Å². The number of ether oxygens (including phenoxy) is 1. The molecule has 0 saturated carbocycles. The third kappa shape index (κ3) is 7.50. The lowest BCUT2D eigenvalue weighted by Crippen LogP contribution is -2.51. The van der Waals surface area contributed by atoms with Crippen molar-refractivity contribution in [3.63, 3.8) is 0 Å². The number of nitrogens with zero attached hydrogens (tertiary/aromatic N) is 3. The summed E-state index contributed by atoms with van der Waals surface area (Å²) in [4.78, 5) is 17.3. The molecular formula is C33H34ClN3O4S. The first-order valence-corrected chi connectivity index (χ1v) is 16.1. The van der Waals surface area contributed by atoms with E-state index in [0.29, 0.717) is 29.5 Å². The van der Waals surface area contributed by atoms with Gasteiger partial charge in [0.15, 0.2) is 6.61 Å². The maximum atomic E-state index is 13.0. The van der Waals surface area contributed by atoms with Gasteiger partial charge in [0.05, 0.1) is 24.5 Å². The van der Waals surface area contributed by atoms with Gasteiger partial charge in [-0.1, -0.05) is 84.4 Å². The van der Waals surface area contributed by atoms with E-state index in [1.807, 2.05) is 17.0 Å². The summed E-state index contributed by atoms with van der Waals surface area (Å²) in [7, 11) is -3.53. The average Bonchev–Trinajstić information content (AvgIpc) is 3.01. The normalized spacial score (nSPS) is 14.1. The summed E-state index contributed by atoms with van der Waals surface area (Å²) in [6.07, 6.45) is 1.17. The van der Waals surface area contributed by atoms with Crippen molar-refractivity contribution in [2.75, 3.05) is 43.3 Å². The Hall–Kier alpha value is -3.85. The largest absolute Gasteiger partial charge is 0.484 e. The van der Waals surface area contributed by atoms with Crippen LogP contribution in [0.25, 0.3) is 0 Å². The SMILES string of the molecule is CS(=O)(=O)N(Cc1ccc(Cl)cc1)c1ccc(OCC(=O)N2CCN(C(c3ccccc3)c3ccccc3)CC2)cc1. The number of benzene rings is 4. The zero-order valence-electron chi connectivity index (χ0n) is 23.5. The molecule has 0 spiro atoms. The van der Waals surface area contributed by atoms with Gasteiger partial charge in [-0.3, -0.25) is 14.0 Å². The first-order valence-electron chi connectivity index (χ1n) is 13.8. The van der Waals surface area contributed by atoms with Crippen LogP contribution in [0.4, 0.5) is 5.69 Å². The van der Waals surface area contributed by atoms with Gasteiger partial charge in [0.1, 0.15) is 5.75 Å². The van der Waals surface area contributed by atoms with Crippen molar-refractivity contribution in [2.24, 2.45) is 0 Å². The third-order valence-corrected chi connectivity index (χ3v) is 8.78. The molecule has 7 nitrogen and oxygen atoms in total. The van der Waals surface area contributed by atoms with Crippen LogP contribution < -0.4 is 9.04 Å². The van der Waals surface area contributed by atoms with E-state index < -0.39 is 10.0 Å². The summed E-state index contributed by atoms with van der Waals surface area (Å²) in [6.45, 7) is 2.83. The van der Waals surface area contributed by atoms with E-state index in [1.54, 1.807) is 48.5 Å². The van der Waals surface area contributed by atoms with Crippen LogP contribution in [0.15, 0.2) is 109 Å². The van der Waals surface area contributed by atoms with Crippen LogP contribution in [0.5, 0.6) is 5.75 Å². The highest BCUT2D eigenvalue weighted by Crippen LogP contribution is 2.30. The van der Waals surface area contributed by atoms with E-state index >= 15 is 0 Å². The number of hydrogen-bond donors (Lipinski definition) is 0. The number of piperazine rings is 1. The molecule has 0 radical (unpaired) electrons. The van der Waals surface area contributed by atoms with Crippen molar-refractivity contribution >= 4 is 33.2 Å². The molecule has 1 aliphatic heterocycles. The highest BCUT2D eigenvalue weighted by molar-refractivity contribution is 7.92. The molecular weight excluding hydrogens is 570 g/mol. The molecule has 42 heavy (non-hydrogen) atoms. The van der Waals surface area contributed by atoms with Crippen LogP contribution in [0.1, 0.15) is 22.7 Å². The summed E-state index contributed by atoms with van der Waals surface area (Å²) < 4.78 is 32.2. The summed E-state index contributed by atoms with van der Waals surface area (Å²) >= 11 is 5.96. The van der Waals surface area contributed by atoms with Crippen LogP contribution in [0.3, 0.4) is 0 Å². The van der Waals surface area contributed by atoms with Crippen LogP contribution in [-0.4, -0.2) is 63.2 Å². The van der Waals surface area contributed by atoms with Crippen molar-refractivity contribution in [2.45, 2.75) is 12.6 Å². The molecule has 5 rings (SSSR count). The molecule has 0 N–H and O–H groups in total. The molecule has 0 aliphatic carbocycles. The minimum atomic E-state index is -3.53. The first-order chi connectivity index (χ1) is 20.3. The fourth-order valence-electron chi connectivity index (χ4n) is 5.21. The van der Waals surface area contributed by atoms with Gasteiger partial charge in [0.25, 0.3) is 5.91 Å². The van der Waals surface area contributed by atoms with Crippen molar-refractivity contribution in [3.05, 3.63) is 131 Å². The molecule has 4 aromatic carbocycles. The smallest absolute Gasteiger partial charge is 0.260 e. The number of halogens is 1. The van der Waals surface area contributed by atoms with Crippen molar-refractivity contribution in [3.8, 4) is 5.75 Å². The molecule has 218 valence electrons. The number of carbonyl (C=O) groups excluding carboxylic acids is 1. The molecule has 0 bridgehead atoms.